The fourth-order valence-corrected chi connectivity index (χ4v) is 4.68. The maximum atomic E-state index is 14.0. The van der Waals surface area contributed by atoms with E-state index in [9.17, 15) is 22.4 Å². The van der Waals surface area contributed by atoms with E-state index in [0.29, 0.717) is 26.2 Å². The Labute approximate surface area is 200 Å². The Kier molecular flexibility index (Phi) is 5.90. The highest BCUT2D eigenvalue weighted by molar-refractivity contribution is 5.93. The van der Waals surface area contributed by atoms with Crippen molar-refractivity contribution in [2.24, 2.45) is 0 Å². The first-order chi connectivity index (χ1) is 16.7. The second kappa shape index (κ2) is 8.90. The molecular weight excluding hydrogens is 462 g/mol. The van der Waals surface area contributed by atoms with E-state index in [2.05, 4.69) is 10.4 Å². The summed E-state index contributed by atoms with van der Waals surface area (Å²) in [5, 5.41) is 7.23. The van der Waals surface area contributed by atoms with E-state index in [1.54, 1.807) is 17.0 Å². The van der Waals surface area contributed by atoms with E-state index >= 15 is 0 Å². The molecule has 0 bridgehead atoms. The smallest absolute Gasteiger partial charge is 0.368 e. The summed E-state index contributed by atoms with van der Waals surface area (Å²) in [6, 6.07) is 12.5. The maximum Gasteiger partial charge on any atom is 0.410 e. The summed E-state index contributed by atoms with van der Waals surface area (Å²) in [6.45, 7) is 3.76. The molecule has 2 aliphatic rings. The number of piperazine rings is 1. The van der Waals surface area contributed by atoms with E-state index in [1.165, 1.54) is 18.2 Å². The van der Waals surface area contributed by atoms with Crippen LogP contribution in [0.2, 0.25) is 0 Å². The van der Waals surface area contributed by atoms with Gasteiger partial charge in [-0.2, -0.15) is 18.3 Å². The van der Waals surface area contributed by atoms with Gasteiger partial charge in [-0.1, -0.05) is 29.8 Å². The molecule has 0 radical (unpaired) electrons. The topological polar surface area (TPSA) is 53.4 Å². The molecule has 10 heteroatoms. The normalized spacial score (nSPS) is 20.4. The third kappa shape index (κ3) is 4.69. The molecule has 1 N–H and O–H groups in total. The molecule has 1 amide bonds. The van der Waals surface area contributed by atoms with Gasteiger partial charge in [-0.05, 0) is 36.8 Å². The predicted octanol–water partition coefficient (Wildman–Crippen LogP) is 4.95. The van der Waals surface area contributed by atoms with Crippen molar-refractivity contribution in [2.75, 3.05) is 36.4 Å². The van der Waals surface area contributed by atoms with Crippen LogP contribution in [0.4, 0.5) is 29.1 Å². The van der Waals surface area contributed by atoms with Crippen molar-refractivity contribution >= 4 is 17.4 Å². The van der Waals surface area contributed by atoms with Gasteiger partial charge in [0.1, 0.15) is 11.6 Å². The van der Waals surface area contributed by atoms with Crippen LogP contribution in [0.3, 0.4) is 0 Å². The average Bonchev–Trinajstić information content (AvgIpc) is 3.27. The zero-order valence-electron chi connectivity index (χ0n) is 19.1. The number of hydrogen-bond acceptors (Lipinski definition) is 4. The molecule has 2 unspecified atom stereocenters. The minimum Gasteiger partial charge on any atom is -0.368 e. The Bertz CT molecular complexity index is 1200. The number of carbonyl (C=O) groups excluding carboxylic acids is 1. The Hall–Kier alpha value is -3.56. The molecule has 1 aromatic heterocycles. The number of halogens is 4. The highest BCUT2D eigenvalue weighted by Crippen LogP contribution is 2.43. The lowest BCUT2D eigenvalue weighted by Crippen LogP contribution is -2.49. The molecule has 3 heterocycles. The number of fused-ring (bicyclic) bond motifs is 1. The summed E-state index contributed by atoms with van der Waals surface area (Å²) in [6.07, 6.45) is -4.72. The minimum absolute atomic E-state index is 0.0125. The largest absolute Gasteiger partial charge is 0.410 e. The molecule has 0 saturated carbocycles. The van der Waals surface area contributed by atoms with Gasteiger partial charge < -0.3 is 15.1 Å². The molecule has 1 saturated heterocycles. The Morgan fingerprint density at radius 1 is 1.00 bits per heavy atom. The molecule has 2 aliphatic heterocycles. The quantitative estimate of drug-likeness (QED) is 0.531. The van der Waals surface area contributed by atoms with Crippen molar-refractivity contribution in [1.82, 2.24) is 14.7 Å². The number of carbonyl (C=O) groups is 1. The summed E-state index contributed by atoms with van der Waals surface area (Å²) in [4.78, 5) is 16.8. The van der Waals surface area contributed by atoms with Crippen molar-refractivity contribution in [1.29, 1.82) is 0 Å². The third-order valence-electron chi connectivity index (χ3n) is 6.65. The van der Waals surface area contributed by atoms with Crippen LogP contribution in [0.15, 0.2) is 54.6 Å². The van der Waals surface area contributed by atoms with Crippen LogP contribution in [0.25, 0.3) is 0 Å². The number of alkyl halides is 3. The van der Waals surface area contributed by atoms with E-state index < -0.39 is 24.2 Å². The highest BCUT2D eigenvalue weighted by atomic mass is 19.4. The number of hydrogen-bond donors (Lipinski definition) is 1. The molecule has 0 spiro atoms. The van der Waals surface area contributed by atoms with E-state index in [-0.39, 0.29) is 23.7 Å². The van der Waals surface area contributed by atoms with Gasteiger partial charge in [0.05, 0.1) is 6.04 Å². The van der Waals surface area contributed by atoms with Gasteiger partial charge in [0, 0.05) is 44.4 Å². The van der Waals surface area contributed by atoms with Crippen LogP contribution in [0, 0.1) is 12.7 Å². The van der Waals surface area contributed by atoms with Crippen molar-refractivity contribution < 1.29 is 22.4 Å². The van der Waals surface area contributed by atoms with Crippen LogP contribution < -0.4 is 10.2 Å². The minimum atomic E-state index is -4.51. The lowest BCUT2D eigenvalue weighted by molar-refractivity contribution is -0.173. The van der Waals surface area contributed by atoms with Gasteiger partial charge in [0.25, 0.3) is 5.91 Å². The van der Waals surface area contributed by atoms with Crippen molar-refractivity contribution in [3.05, 3.63) is 77.2 Å². The maximum absolute atomic E-state index is 14.0. The third-order valence-corrected chi connectivity index (χ3v) is 6.65. The molecule has 1 fully saturated rings. The van der Waals surface area contributed by atoms with Gasteiger partial charge in [0.2, 0.25) is 0 Å². The second-order valence-corrected chi connectivity index (χ2v) is 9.02. The first-order valence-corrected chi connectivity index (χ1v) is 11.5. The molecule has 0 aliphatic carbocycles. The Balaban J connectivity index is 1.33. The lowest BCUT2D eigenvalue weighted by atomic mass is 9.96. The highest BCUT2D eigenvalue weighted by Gasteiger charge is 2.47. The van der Waals surface area contributed by atoms with E-state index in [0.717, 1.165) is 21.5 Å². The SMILES string of the molecule is Cc1ccc(C2CC(C(F)(F)F)n3nc(C(=O)N4CCN(c5ccc(F)cc5)CC4)cc3N2)cc1. The van der Waals surface area contributed by atoms with Gasteiger partial charge in [-0.15, -0.1) is 0 Å². The molecule has 35 heavy (non-hydrogen) atoms. The number of nitrogens with zero attached hydrogens (tertiary/aromatic N) is 4. The summed E-state index contributed by atoms with van der Waals surface area (Å²) >= 11 is 0. The molecular formula is C25H25F4N5O. The number of aryl methyl sites for hydroxylation is 1. The molecule has 3 aromatic rings. The molecule has 2 aromatic carbocycles. The van der Waals surface area contributed by atoms with E-state index in [4.69, 9.17) is 0 Å². The van der Waals surface area contributed by atoms with Gasteiger partial charge in [-0.25, -0.2) is 9.07 Å². The number of aromatic nitrogens is 2. The lowest BCUT2D eigenvalue weighted by Gasteiger charge is -2.35. The van der Waals surface area contributed by atoms with Gasteiger partial charge in [-0.3, -0.25) is 4.79 Å². The van der Waals surface area contributed by atoms with Crippen LogP contribution in [-0.2, 0) is 0 Å². The zero-order chi connectivity index (χ0) is 24.7. The fourth-order valence-electron chi connectivity index (χ4n) is 4.68. The number of anilines is 2. The van der Waals surface area contributed by atoms with Crippen molar-refractivity contribution in [3.8, 4) is 0 Å². The Morgan fingerprint density at radius 2 is 1.66 bits per heavy atom. The summed E-state index contributed by atoms with van der Waals surface area (Å²) in [5.41, 5.74) is 2.62. The van der Waals surface area contributed by atoms with Crippen LogP contribution in [-0.4, -0.2) is 52.9 Å². The molecule has 6 nitrogen and oxygen atoms in total. The summed E-state index contributed by atoms with van der Waals surface area (Å²) in [7, 11) is 0. The summed E-state index contributed by atoms with van der Waals surface area (Å²) in [5.74, 6) is -0.542. The van der Waals surface area contributed by atoms with Gasteiger partial charge >= 0.3 is 6.18 Å². The predicted molar refractivity (Wildman–Crippen MR) is 124 cm³/mol. The monoisotopic (exact) mass is 487 g/mol. The number of benzene rings is 2. The average molecular weight is 488 g/mol. The fraction of sp³-hybridized carbons (Fsp3) is 0.360. The second-order valence-electron chi connectivity index (χ2n) is 9.02. The first kappa shape index (κ1) is 23.2. The van der Waals surface area contributed by atoms with Crippen LogP contribution in [0.5, 0.6) is 0 Å². The van der Waals surface area contributed by atoms with Crippen LogP contribution >= 0.6 is 0 Å². The molecule has 184 valence electrons. The molecule has 5 rings (SSSR count). The van der Waals surface area contributed by atoms with Crippen molar-refractivity contribution in [2.45, 2.75) is 31.6 Å². The number of rotatable bonds is 3. The van der Waals surface area contributed by atoms with Crippen LogP contribution in [0.1, 0.15) is 40.1 Å². The van der Waals surface area contributed by atoms with Gasteiger partial charge in [0.15, 0.2) is 11.7 Å². The number of amides is 1. The molecule has 2 atom stereocenters. The Morgan fingerprint density at radius 3 is 2.29 bits per heavy atom. The number of nitrogens with one attached hydrogen (secondary N) is 1. The summed E-state index contributed by atoms with van der Waals surface area (Å²) < 4.78 is 55.9. The standard InChI is InChI=1S/C25H25F4N5O/c1-16-2-4-17(5-3-16)20-14-22(25(27,28)29)34-23(30-20)15-21(31-34)24(35)33-12-10-32(11-13-33)19-8-6-18(26)7-9-19/h2-9,15,20,22,30H,10-14H2,1H3. The van der Waals surface area contributed by atoms with E-state index in [1.807, 2.05) is 36.1 Å². The van der Waals surface area contributed by atoms with Crippen molar-refractivity contribution in [3.63, 3.8) is 0 Å². The zero-order valence-corrected chi connectivity index (χ0v) is 19.1. The first-order valence-electron chi connectivity index (χ1n) is 11.5.